The van der Waals surface area contributed by atoms with Crippen LogP contribution in [0.5, 0.6) is 0 Å². The second-order valence-electron chi connectivity index (χ2n) is 2.43. The maximum Gasteiger partial charge on any atom is 0.322 e. The maximum atomic E-state index is 10.8. The number of carbonyl (C=O) groups excluding carboxylic acids is 1. The van der Waals surface area contributed by atoms with Gasteiger partial charge in [-0.2, -0.15) is 0 Å². The molecule has 5 nitrogen and oxygen atoms in total. The van der Waals surface area contributed by atoms with Crippen LogP contribution in [0.25, 0.3) is 0 Å². The van der Waals surface area contributed by atoms with Crippen molar-refractivity contribution < 1.29 is 14.6 Å². The van der Waals surface area contributed by atoms with Gasteiger partial charge in [0.05, 0.1) is 6.61 Å². The molecule has 0 amide bonds. The zero-order chi connectivity index (χ0) is 9.40. The molecule has 0 bridgehead atoms. The van der Waals surface area contributed by atoms with Crippen LogP contribution in [0.1, 0.15) is 6.92 Å². The lowest BCUT2D eigenvalue weighted by Crippen LogP contribution is -2.31. The SMILES string of the molecule is C[C@H](N)C(=O)OCCNCCO. The monoisotopic (exact) mass is 176 g/mol. The predicted molar refractivity (Wildman–Crippen MR) is 44.6 cm³/mol. The molecule has 0 aromatic carbocycles. The van der Waals surface area contributed by atoms with Gasteiger partial charge in [-0.05, 0) is 6.92 Å². The second-order valence-corrected chi connectivity index (χ2v) is 2.43. The Morgan fingerprint density at radius 2 is 2.33 bits per heavy atom. The molecule has 0 radical (unpaired) electrons. The van der Waals surface area contributed by atoms with E-state index in [2.05, 4.69) is 5.32 Å². The summed E-state index contributed by atoms with van der Waals surface area (Å²) in [6, 6.07) is -0.567. The summed E-state index contributed by atoms with van der Waals surface area (Å²) in [7, 11) is 0. The molecule has 0 fully saturated rings. The Balaban J connectivity index is 3.14. The number of hydrogen-bond donors (Lipinski definition) is 3. The van der Waals surface area contributed by atoms with E-state index < -0.39 is 12.0 Å². The van der Waals surface area contributed by atoms with E-state index in [0.717, 1.165) is 0 Å². The summed E-state index contributed by atoms with van der Waals surface area (Å²) in [5.41, 5.74) is 5.24. The Bertz CT molecular complexity index is 128. The van der Waals surface area contributed by atoms with Gasteiger partial charge in [0.15, 0.2) is 0 Å². The highest BCUT2D eigenvalue weighted by Gasteiger charge is 2.06. The Morgan fingerprint density at radius 1 is 1.67 bits per heavy atom. The van der Waals surface area contributed by atoms with Gasteiger partial charge in [0.1, 0.15) is 12.6 Å². The van der Waals surface area contributed by atoms with Gasteiger partial charge in [-0.25, -0.2) is 0 Å². The smallest absolute Gasteiger partial charge is 0.322 e. The Labute approximate surface area is 71.9 Å². The lowest BCUT2D eigenvalue weighted by molar-refractivity contribution is -0.144. The van der Waals surface area contributed by atoms with Crippen molar-refractivity contribution >= 4 is 5.97 Å². The summed E-state index contributed by atoms with van der Waals surface area (Å²) in [6.07, 6.45) is 0. The Morgan fingerprint density at radius 3 is 2.83 bits per heavy atom. The molecule has 12 heavy (non-hydrogen) atoms. The number of rotatable bonds is 6. The molecule has 0 aliphatic carbocycles. The number of ether oxygens (including phenoxy) is 1. The van der Waals surface area contributed by atoms with Crippen molar-refractivity contribution in [3.63, 3.8) is 0 Å². The van der Waals surface area contributed by atoms with Gasteiger partial charge in [-0.1, -0.05) is 0 Å². The first-order valence-corrected chi connectivity index (χ1v) is 3.92. The predicted octanol–water partition coefficient (Wildman–Crippen LogP) is -1.54. The average Bonchev–Trinajstić information content (AvgIpc) is 2.03. The first-order valence-electron chi connectivity index (χ1n) is 3.92. The third kappa shape index (κ3) is 6.09. The molecular weight excluding hydrogens is 160 g/mol. The summed E-state index contributed by atoms with van der Waals surface area (Å²) < 4.78 is 4.74. The van der Waals surface area contributed by atoms with Crippen LogP contribution in [0.4, 0.5) is 0 Å². The van der Waals surface area contributed by atoms with Crippen molar-refractivity contribution in [3.8, 4) is 0 Å². The van der Waals surface area contributed by atoms with Crippen LogP contribution in [0.3, 0.4) is 0 Å². The van der Waals surface area contributed by atoms with E-state index in [0.29, 0.717) is 19.7 Å². The minimum Gasteiger partial charge on any atom is -0.463 e. The molecule has 0 aromatic heterocycles. The molecule has 0 aromatic rings. The number of aliphatic hydroxyl groups is 1. The second kappa shape index (κ2) is 7.02. The van der Waals surface area contributed by atoms with Crippen molar-refractivity contribution in [2.24, 2.45) is 5.73 Å². The van der Waals surface area contributed by atoms with Gasteiger partial charge in [0.2, 0.25) is 0 Å². The Kier molecular flexibility index (Phi) is 6.64. The van der Waals surface area contributed by atoms with E-state index in [1.165, 1.54) is 0 Å². The summed E-state index contributed by atoms with van der Waals surface area (Å²) >= 11 is 0. The van der Waals surface area contributed by atoms with Crippen LogP contribution >= 0.6 is 0 Å². The number of aliphatic hydroxyl groups excluding tert-OH is 1. The lowest BCUT2D eigenvalue weighted by Gasteiger charge is -2.06. The Hall–Kier alpha value is -0.650. The van der Waals surface area contributed by atoms with Crippen molar-refractivity contribution in [2.45, 2.75) is 13.0 Å². The quantitative estimate of drug-likeness (QED) is 0.337. The van der Waals surface area contributed by atoms with E-state index in [-0.39, 0.29) is 6.61 Å². The van der Waals surface area contributed by atoms with Gasteiger partial charge >= 0.3 is 5.97 Å². The van der Waals surface area contributed by atoms with Crippen LogP contribution in [0.2, 0.25) is 0 Å². The fourth-order valence-corrected chi connectivity index (χ4v) is 0.559. The van der Waals surface area contributed by atoms with Crippen molar-refractivity contribution in [3.05, 3.63) is 0 Å². The summed E-state index contributed by atoms with van der Waals surface area (Å²) in [4.78, 5) is 10.8. The lowest BCUT2D eigenvalue weighted by atomic mass is 10.4. The summed E-state index contributed by atoms with van der Waals surface area (Å²) in [5.74, 6) is -0.402. The average molecular weight is 176 g/mol. The number of hydrogen-bond acceptors (Lipinski definition) is 5. The van der Waals surface area contributed by atoms with Crippen LogP contribution in [-0.4, -0.2) is 43.4 Å². The van der Waals surface area contributed by atoms with Gasteiger partial charge in [-0.3, -0.25) is 4.79 Å². The van der Waals surface area contributed by atoms with Gasteiger partial charge in [0, 0.05) is 13.1 Å². The molecule has 5 heteroatoms. The van der Waals surface area contributed by atoms with Gasteiger partial charge in [-0.15, -0.1) is 0 Å². The maximum absolute atomic E-state index is 10.8. The molecule has 0 rings (SSSR count). The largest absolute Gasteiger partial charge is 0.463 e. The number of nitrogens with one attached hydrogen (secondary N) is 1. The molecule has 0 spiro atoms. The fraction of sp³-hybridized carbons (Fsp3) is 0.857. The molecule has 0 saturated carbocycles. The molecule has 0 heterocycles. The van der Waals surface area contributed by atoms with E-state index >= 15 is 0 Å². The third-order valence-electron chi connectivity index (χ3n) is 1.18. The van der Waals surface area contributed by atoms with Crippen LogP contribution in [-0.2, 0) is 9.53 Å². The van der Waals surface area contributed by atoms with E-state index in [4.69, 9.17) is 15.6 Å². The topological polar surface area (TPSA) is 84.6 Å². The normalized spacial score (nSPS) is 12.6. The molecule has 0 aliphatic heterocycles. The number of nitrogens with two attached hydrogens (primary N) is 1. The van der Waals surface area contributed by atoms with Crippen LogP contribution < -0.4 is 11.1 Å². The zero-order valence-corrected chi connectivity index (χ0v) is 7.25. The van der Waals surface area contributed by atoms with E-state index in [1.54, 1.807) is 6.92 Å². The van der Waals surface area contributed by atoms with Crippen molar-refractivity contribution in [1.29, 1.82) is 0 Å². The standard InChI is InChI=1S/C7H16N2O3/c1-6(8)7(11)12-5-3-9-2-4-10/h6,9-10H,2-5,8H2,1H3/t6-/m0/s1. The first-order chi connectivity index (χ1) is 5.68. The minimum atomic E-state index is -0.567. The summed E-state index contributed by atoms with van der Waals surface area (Å²) in [6.45, 7) is 3.00. The van der Waals surface area contributed by atoms with Crippen molar-refractivity contribution in [1.82, 2.24) is 5.32 Å². The molecule has 72 valence electrons. The highest BCUT2D eigenvalue weighted by Crippen LogP contribution is 1.82. The first kappa shape index (κ1) is 11.4. The number of esters is 1. The molecule has 1 atom stereocenters. The van der Waals surface area contributed by atoms with Gasteiger partial charge in [0.25, 0.3) is 0 Å². The molecule has 4 N–H and O–H groups in total. The fourth-order valence-electron chi connectivity index (χ4n) is 0.559. The molecule has 0 aliphatic rings. The molecular formula is C7H16N2O3. The number of carbonyl (C=O) groups is 1. The third-order valence-corrected chi connectivity index (χ3v) is 1.18. The van der Waals surface area contributed by atoms with Crippen LogP contribution in [0.15, 0.2) is 0 Å². The molecule has 0 unspecified atom stereocenters. The minimum absolute atomic E-state index is 0.0846. The molecule has 0 saturated heterocycles. The van der Waals surface area contributed by atoms with E-state index in [1.807, 2.05) is 0 Å². The van der Waals surface area contributed by atoms with Crippen molar-refractivity contribution in [2.75, 3.05) is 26.3 Å². The van der Waals surface area contributed by atoms with Crippen LogP contribution in [0, 0.1) is 0 Å². The van der Waals surface area contributed by atoms with E-state index in [9.17, 15) is 4.79 Å². The summed E-state index contributed by atoms with van der Waals surface area (Å²) in [5, 5.41) is 11.2. The highest BCUT2D eigenvalue weighted by atomic mass is 16.5. The van der Waals surface area contributed by atoms with Gasteiger partial charge < -0.3 is 20.9 Å². The highest BCUT2D eigenvalue weighted by molar-refractivity contribution is 5.74. The zero-order valence-electron chi connectivity index (χ0n) is 7.25.